The zero-order valence-corrected chi connectivity index (χ0v) is 11.2. The van der Waals surface area contributed by atoms with Gasteiger partial charge in [0.25, 0.3) is 5.69 Å². The van der Waals surface area contributed by atoms with Crippen LogP contribution in [0, 0.1) is 10.1 Å². The predicted molar refractivity (Wildman–Crippen MR) is 75.6 cm³/mol. The molecule has 1 saturated heterocycles. The molecule has 0 aromatic heterocycles. The lowest BCUT2D eigenvalue weighted by molar-refractivity contribution is -0.384. The Morgan fingerprint density at radius 3 is 2.70 bits per heavy atom. The summed E-state index contributed by atoms with van der Waals surface area (Å²) in [4.78, 5) is 23.9. The number of nitro benzene ring substituents is 1. The van der Waals surface area contributed by atoms with Crippen molar-refractivity contribution in [2.24, 2.45) is 0 Å². The van der Waals surface area contributed by atoms with Crippen LogP contribution in [0.1, 0.15) is 18.4 Å². The fraction of sp³-hybridized carbons (Fsp3) is 0.357. The molecule has 1 fully saturated rings. The zero-order valence-electron chi connectivity index (χ0n) is 11.2. The third-order valence-electron chi connectivity index (χ3n) is 3.26. The van der Waals surface area contributed by atoms with E-state index in [4.69, 9.17) is 0 Å². The Bertz CT molecular complexity index is 548. The molecule has 106 valence electrons. The average Bonchev–Trinajstić information content (AvgIpc) is 2.98. The Balaban J connectivity index is 2.30. The Kier molecular flexibility index (Phi) is 4.34. The van der Waals surface area contributed by atoms with E-state index in [0.717, 1.165) is 25.9 Å². The topological polar surface area (TPSA) is 72.7 Å². The first-order valence-electron chi connectivity index (χ1n) is 6.41. The molecule has 0 spiro atoms. The molecular formula is C14H16N2O4. The van der Waals surface area contributed by atoms with Crippen molar-refractivity contribution in [3.8, 4) is 0 Å². The molecule has 1 heterocycles. The van der Waals surface area contributed by atoms with E-state index in [9.17, 15) is 14.9 Å². The van der Waals surface area contributed by atoms with Gasteiger partial charge in [0.15, 0.2) is 0 Å². The predicted octanol–water partition coefficient (Wildman–Crippen LogP) is 2.38. The minimum absolute atomic E-state index is 0.0684. The van der Waals surface area contributed by atoms with Gasteiger partial charge in [-0.05, 0) is 30.5 Å². The van der Waals surface area contributed by atoms with E-state index in [1.54, 1.807) is 12.1 Å². The molecule has 6 heteroatoms. The molecule has 0 unspecified atom stereocenters. The van der Waals surface area contributed by atoms with Gasteiger partial charge in [-0.25, -0.2) is 4.79 Å². The molecule has 20 heavy (non-hydrogen) atoms. The maximum absolute atomic E-state index is 11.2. The van der Waals surface area contributed by atoms with Crippen LogP contribution in [-0.4, -0.2) is 31.1 Å². The van der Waals surface area contributed by atoms with Gasteiger partial charge in [-0.15, -0.1) is 0 Å². The number of hydrogen-bond acceptors (Lipinski definition) is 5. The molecule has 0 radical (unpaired) electrons. The van der Waals surface area contributed by atoms with E-state index in [1.165, 1.54) is 25.3 Å². The summed E-state index contributed by atoms with van der Waals surface area (Å²) in [5, 5.41) is 11.2. The van der Waals surface area contributed by atoms with E-state index in [0.29, 0.717) is 11.3 Å². The van der Waals surface area contributed by atoms with Crippen molar-refractivity contribution in [1.29, 1.82) is 0 Å². The molecule has 1 aromatic carbocycles. The molecule has 0 aliphatic carbocycles. The first kappa shape index (κ1) is 14.0. The summed E-state index contributed by atoms with van der Waals surface area (Å²) in [6, 6.07) is 4.98. The lowest BCUT2D eigenvalue weighted by Gasteiger charge is -2.17. The third-order valence-corrected chi connectivity index (χ3v) is 3.26. The van der Waals surface area contributed by atoms with Crippen LogP contribution in [0.4, 0.5) is 11.4 Å². The number of benzene rings is 1. The average molecular weight is 276 g/mol. The second kappa shape index (κ2) is 6.18. The molecule has 0 saturated carbocycles. The number of esters is 1. The number of anilines is 1. The van der Waals surface area contributed by atoms with Crippen molar-refractivity contribution < 1.29 is 14.5 Å². The molecule has 0 atom stereocenters. The van der Waals surface area contributed by atoms with Crippen LogP contribution < -0.4 is 4.90 Å². The smallest absolute Gasteiger partial charge is 0.330 e. The van der Waals surface area contributed by atoms with E-state index >= 15 is 0 Å². The molecule has 1 aliphatic rings. The van der Waals surface area contributed by atoms with Crippen LogP contribution in [0.2, 0.25) is 0 Å². The van der Waals surface area contributed by atoms with E-state index in [2.05, 4.69) is 4.74 Å². The summed E-state index contributed by atoms with van der Waals surface area (Å²) in [5.41, 5.74) is 1.31. The fourth-order valence-electron chi connectivity index (χ4n) is 2.25. The maximum Gasteiger partial charge on any atom is 0.330 e. The standard InChI is InChI=1S/C14H16N2O4/c1-20-14(17)7-5-11-4-6-12(13(10-11)16(18)19)15-8-2-3-9-15/h4-7,10H,2-3,8-9H2,1H3/b7-5+. The first-order chi connectivity index (χ1) is 9.61. The van der Waals surface area contributed by atoms with Crippen molar-refractivity contribution in [3.63, 3.8) is 0 Å². The van der Waals surface area contributed by atoms with Crippen LogP contribution in [-0.2, 0) is 9.53 Å². The Morgan fingerprint density at radius 1 is 1.40 bits per heavy atom. The normalized spacial score (nSPS) is 14.8. The lowest BCUT2D eigenvalue weighted by atomic mass is 10.1. The van der Waals surface area contributed by atoms with Crippen LogP contribution in [0.25, 0.3) is 6.08 Å². The lowest BCUT2D eigenvalue weighted by Crippen LogP contribution is -2.18. The van der Waals surface area contributed by atoms with E-state index in [-0.39, 0.29) is 10.6 Å². The van der Waals surface area contributed by atoms with Gasteiger partial charge in [-0.1, -0.05) is 6.07 Å². The van der Waals surface area contributed by atoms with Gasteiger partial charge < -0.3 is 9.64 Å². The SMILES string of the molecule is COC(=O)/C=C/c1ccc(N2CCCC2)c([N+](=O)[O-])c1. The second-order valence-electron chi connectivity index (χ2n) is 4.56. The van der Waals surface area contributed by atoms with Crippen molar-refractivity contribution in [2.45, 2.75) is 12.8 Å². The van der Waals surface area contributed by atoms with Gasteiger partial charge in [-0.3, -0.25) is 10.1 Å². The van der Waals surface area contributed by atoms with Gasteiger partial charge in [0, 0.05) is 25.2 Å². The van der Waals surface area contributed by atoms with Gasteiger partial charge in [0.1, 0.15) is 5.69 Å². The number of nitro groups is 1. The molecule has 0 amide bonds. The van der Waals surface area contributed by atoms with Gasteiger partial charge in [0.05, 0.1) is 12.0 Å². The maximum atomic E-state index is 11.2. The first-order valence-corrected chi connectivity index (χ1v) is 6.41. The van der Waals surface area contributed by atoms with E-state index in [1.807, 2.05) is 4.90 Å². The molecule has 2 rings (SSSR count). The molecule has 0 bridgehead atoms. The van der Waals surface area contributed by atoms with Crippen molar-refractivity contribution in [2.75, 3.05) is 25.1 Å². The Morgan fingerprint density at radius 2 is 2.10 bits per heavy atom. The highest BCUT2D eigenvalue weighted by molar-refractivity contribution is 5.87. The number of carbonyl (C=O) groups is 1. The second-order valence-corrected chi connectivity index (χ2v) is 4.56. The summed E-state index contributed by atoms with van der Waals surface area (Å²) in [6.45, 7) is 1.69. The van der Waals surface area contributed by atoms with Crippen molar-refractivity contribution in [1.82, 2.24) is 0 Å². The molecule has 1 aromatic rings. The van der Waals surface area contributed by atoms with Crippen LogP contribution in [0.3, 0.4) is 0 Å². The van der Waals surface area contributed by atoms with Gasteiger partial charge in [0.2, 0.25) is 0 Å². The Labute approximate surface area is 116 Å². The Hall–Kier alpha value is -2.37. The number of ether oxygens (including phenoxy) is 1. The zero-order chi connectivity index (χ0) is 14.5. The van der Waals surface area contributed by atoms with Gasteiger partial charge >= 0.3 is 5.97 Å². The highest BCUT2D eigenvalue weighted by atomic mass is 16.6. The molecule has 0 N–H and O–H groups in total. The van der Waals surface area contributed by atoms with Crippen LogP contribution in [0.5, 0.6) is 0 Å². The third kappa shape index (κ3) is 3.14. The summed E-state index contributed by atoms with van der Waals surface area (Å²) in [7, 11) is 1.28. The van der Waals surface area contributed by atoms with Crippen molar-refractivity contribution in [3.05, 3.63) is 40.0 Å². The number of hydrogen-bond donors (Lipinski definition) is 0. The number of nitrogens with zero attached hydrogens (tertiary/aromatic N) is 2. The van der Waals surface area contributed by atoms with Crippen LogP contribution >= 0.6 is 0 Å². The quantitative estimate of drug-likeness (QED) is 0.365. The summed E-state index contributed by atoms with van der Waals surface area (Å²) >= 11 is 0. The van der Waals surface area contributed by atoms with Crippen LogP contribution in [0.15, 0.2) is 24.3 Å². The minimum Gasteiger partial charge on any atom is -0.466 e. The molecular weight excluding hydrogens is 260 g/mol. The monoisotopic (exact) mass is 276 g/mol. The largest absolute Gasteiger partial charge is 0.466 e. The summed E-state index contributed by atoms with van der Waals surface area (Å²) in [6.07, 6.45) is 4.86. The number of methoxy groups -OCH3 is 1. The highest BCUT2D eigenvalue weighted by Crippen LogP contribution is 2.31. The van der Waals surface area contributed by atoms with Crippen molar-refractivity contribution >= 4 is 23.4 Å². The van der Waals surface area contributed by atoms with Gasteiger partial charge in [-0.2, -0.15) is 0 Å². The number of carbonyl (C=O) groups excluding carboxylic acids is 1. The number of rotatable bonds is 4. The minimum atomic E-state index is -0.490. The summed E-state index contributed by atoms with van der Waals surface area (Å²) in [5.74, 6) is -0.490. The fourth-order valence-corrected chi connectivity index (χ4v) is 2.25. The van der Waals surface area contributed by atoms with E-state index < -0.39 is 5.97 Å². The molecule has 6 nitrogen and oxygen atoms in total. The highest BCUT2D eigenvalue weighted by Gasteiger charge is 2.22. The molecule has 1 aliphatic heterocycles. The summed E-state index contributed by atoms with van der Waals surface area (Å²) < 4.78 is 4.49.